The summed E-state index contributed by atoms with van der Waals surface area (Å²) in [7, 11) is -2.25. The Balaban J connectivity index is 2.07. The summed E-state index contributed by atoms with van der Waals surface area (Å²) >= 11 is 0. The topological polar surface area (TPSA) is 106 Å². The van der Waals surface area contributed by atoms with Crippen LogP contribution in [0.1, 0.15) is 34.0 Å². The van der Waals surface area contributed by atoms with Crippen LogP contribution in [0.2, 0.25) is 0 Å². The molecule has 0 spiro atoms. The van der Waals surface area contributed by atoms with E-state index in [2.05, 4.69) is 4.98 Å². The molecule has 4 rings (SSSR count). The van der Waals surface area contributed by atoms with Crippen molar-refractivity contribution in [2.75, 3.05) is 14.2 Å². The summed E-state index contributed by atoms with van der Waals surface area (Å²) < 4.78 is 39.5. The molecule has 0 aliphatic heterocycles. The van der Waals surface area contributed by atoms with E-state index in [1.54, 1.807) is 48.5 Å². The Morgan fingerprint density at radius 1 is 0.816 bits per heavy atom. The number of hydrogen-bond donors (Lipinski definition) is 1. The average molecular weight is 535 g/mol. The Hall–Kier alpha value is -3.95. The van der Waals surface area contributed by atoms with Gasteiger partial charge in [0.2, 0.25) is 16.1 Å². The first kappa shape index (κ1) is 27.1. The van der Waals surface area contributed by atoms with Gasteiger partial charge in [0.05, 0.1) is 25.2 Å². The first-order valence-electron chi connectivity index (χ1n) is 12.0. The minimum Gasteiger partial charge on any atom is -0.467 e. The van der Waals surface area contributed by atoms with E-state index in [0.717, 1.165) is 46.2 Å². The zero-order chi connectivity index (χ0) is 27.6. The van der Waals surface area contributed by atoms with Crippen molar-refractivity contribution >= 4 is 32.9 Å². The number of fused-ring (bicyclic) bond motifs is 1. The molecule has 0 aliphatic carbocycles. The van der Waals surface area contributed by atoms with E-state index in [4.69, 9.17) is 9.47 Å². The maximum atomic E-state index is 14.4. The molecule has 1 aromatic heterocycles. The molecule has 0 unspecified atom stereocenters. The summed E-state index contributed by atoms with van der Waals surface area (Å²) in [5, 5.41) is 0.904. The highest BCUT2D eigenvalue weighted by Crippen LogP contribution is 2.38. The van der Waals surface area contributed by atoms with Gasteiger partial charge >= 0.3 is 11.9 Å². The first-order valence-corrected chi connectivity index (χ1v) is 13.4. The molecular weight excluding hydrogens is 504 g/mol. The summed E-state index contributed by atoms with van der Waals surface area (Å²) in [6, 6.07) is 17.7. The number of benzene rings is 3. The number of rotatable bonds is 8. The van der Waals surface area contributed by atoms with Gasteiger partial charge in [0.15, 0.2) is 0 Å². The van der Waals surface area contributed by atoms with Crippen LogP contribution in [-0.2, 0) is 29.1 Å². The van der Waals surface area contributed by atoms with E-state index in [-0.39, 0.29) is 4.90 Å². The molecule has 0 bridgehead atoms. The molecular formula is C29H30N2O6S. The lowest BCUT2D eigenvalue weighted by Crippen LogP contribution is -2.52. The van der Waals surface area contributed by atoms with Crippen LogP contribution in [0, 0.1) is 20.8 Å². The minimum absolute atomic E-state index is 0.0726. The third-order valence-corrected chi connectivity index (χ3v) is 8.56. The van der Waals surface area contributed by atoms with E-state index >= 15 is 0 Å². The van der Waals surface area contributed by atoms with Crippen LogP contribution in [0.4, 0.5) is 0 Å². The number of methoxy groups -OCH3 is 2. The number of sulfonamides is 1. The number of hydrogen-bond acceptors (Lipinski definition) is 6. The average Bonchev–Trinajstić information content (AvgIpc) is 3.21. The fraction of sp³-hybridized carbons (Fsp3) is 0.241. The van der Waals surface area contributed by atoms with Crippen molar-refractivity contribution < 1.29 is 27.5 Å². The third-order valence-electron chi connectivity index (χ3n) is 6.72. The van der Waals surface area contributed by atoms with E-state index in [9.17, 15) is 18.0 Å². The second-order valence-corrected chi connectivity index (χ2v) is 10.9. The molecule has 0 saturated heterocycles. The minimum atomic E-state index is -4.46. The van der Waals surface area contributed by atoms with E-state index in [0.29, 0.717) is 11.1 Å². The molecule has 1 atom stereocenters. The highest BCUT2D eigenvalue weighted by Gasteiger charge is 2.47. The van der Waals surface area contributed by atoms with Gasteiger partial charge in [-0.2, -0.15) is 4.31 Å². The van der Waals surface area contributed by atoms with Crippen LogP contribution in [0.15, 0.2) is 77.7 Å². The molecule has 1 heterocycles. The molecule has 0 radical (unpaired) electrons. The molecule has 38 heavy (non-hydrogen) atoms. The van der Waals surface area contributed by atoms with Gasteiger partial charge in [0.1, 0.15) is 0 Å². The van der Waals surface area contributed by atoms with Gasteiger partial charge in [-0.05, 0) is 61.7 Å². The largest absolute Gasteiger partial charge is 0.467 e. The Kier molecular flexibility index (Phi) is 7.71. The van der Waals surface area contributed by atoms with Crippen LogP contribution in [0.5, 0.6) is 0 Å². The summed E-state index contributed by atoms with van der Waals surface area (Å²) in [5.74, 6) is -2.11. The fourth-order valence-corrected chi connectivity index (χ4v) is 6.25. The van der Waals surface area contributed by atoms with Gasteiger partial charge in [-0.15, -0.1) is 0 Å². The zero-order valence-corrected chi connectivity index (χ0v) is 22.7. The molecule has 0 amide bonds. The van der Waals surface area contributed by atoms with Crippen LogP contribution in [-0.4, -0.2) is 49.9 Å². The predicted octanol–water partition coefficient (Wildman–Crippen LogP) is 4.59. The summed E-state index contributed by atoms with van der Waals surface area (Å²) in [5.41, 5.74) is 4.88. The SMILES string of the molecule is COC(=O)C(C(=O)OC)N([C@@H](c1ccccc1)c1ccc2[nH]c(C)c(C)c2c1)S(=O)(=O)c1ccc(C)cc1. The van der Waals surface area contributed by atoms with E-state index in [1.807, 2.05) is 32.9 Å². The zero-order valence-electron chi connectivity index (χ0n) is 21.9. The van der Waals surface area contributed by atoms with Crippen molar-refractivity contribution in [3.05, 3.63) is 101 Å². The van der Waals surface area contributed by atoms with Crippen LogP contribution in [0.25, 0.3) is 10.9 Å². The van der Waals surface area contributed by atoms with Crippen molar-refractivity contribution in [1.29, 1.82) is 0 Å². The molecule has 0 fully saturated rings. The number of ether oxygens (including phenoxy) is 2. The molecule has 4 aromatic rings. The van der Waals surface area contributed by atoms with Crippen LogP contribution < -0.4 is 0 Å². The van der Waals surface area contributed by atoms with Crippen molar-refractivity contribution in [1.82, 2.24) is 9.29 Å². The number of carbonyl (C=O) groups is 2. The van der Waals surface area contributed by atoms with Crippen molar-refractivity contribution in [2.45, 2.75) is 37.8 Å². The number of aromatic nitrogens is 1. The maximum absolute atomic E-state index is 14.4. The number of nitrogens with one attached hydrogen (secondary N) is 1. The smallest absolute Gasteiger partial charge is 0.335 e. The molecule has 8 nitrogen and oxygen atoms in total. The molecule has 0 aliphatic rings. The fourth-order valence-electron chi connectivity index (χ4n) is 4.56. The lowest BCUT2D eigenvalue weighted by molar-refractivity contribution is -0.158. The summed E-state index contributed by atoms with van der Waals surface area (Å²) in [6.07, 6.45) is 0. The van der Waals surface area contributed by atoms with Crippen molar-refractivity contribution in [2.24, 2.45) is 0 Å². The van der Waals surface area contributed by atoms with E-state index < -0.39 is 34.0 Å². The highest BCUT2D eigenvalue weighted by molar-refractivity contribution is 7.89. The molecule has 3 aromatic carbocycles. The van der Waals surface area contributed by atoms with Gasteiger partial charge in [-0.25, -0.2) is 18.0 Å². The van der Waals surface area contributed by atoms with E-state index in [1.165, 1.54) is 12.1 Å². The van der Waals surface area contributed by atoms with Crippen LogP contribution in [0.3, 0.4) is 0 Å². The Labute approximate surface area is 222 Å². The summed E-state index contributed by atoms with van der Waals surface area (Å²) in [4.78, 5) is 29.4. The Morgan fingerprint density at radius 2 is 1.42 bits per heavy atom. The van der Waals surface area contributed by atoms with Crippen molar-refractivity contribution in [3.8, 4) is 0 Å². The van der Waals surface area contributed by atoms with Gasteiger partial charge in [-0.1, -0.05) is 54.1 Å². The molecule has 1 N–H and O–H groups in total. The maximum Gasteiger partial charge on any atom is 0.335 e. The standard InChI is InChI=1S/C29H30N2O6S/c1-18-11-14-23(15-12-18)38(34,35)31(27(28(32)36-4)29(33)37-5)26(21-9-7-6-8-10-21)22-13-16-25-24(17-22)19(2)20(3)30-25/h6-17,26-27,30H,1-5H3/t26-/m0/s1. The van der Waals surface area contributed by atoms with Gasteiger partial charge in [-0.3, -0.25) is 0 Å². The van der Waals surface area contributed by atoms with Crippen LogP contribution >= 0.6 is 0 Å². The Morgan fingerprint density at radius 3 is 2.00 bits per heavy atom. The quantitative estimate of drug-likeness (QED) is 0.262. The predicted molar refractivity (Wildman–Crippen MR) is 144 cm³/mol. The number of carbonyl (C=O) groups excluding carboxylic acids is 2. The van der Waals surface area contributed by atoms with Crippen molar-refractivity contribution in [3.63, 3.8) is 0 Å². The third kappa shape index (κ3) is 4.94. The number of aryl methyl sites for hydroxylation is 3. The molecule has 0 saturated carbocycles. The molecule has 198 valence electrons. The lowest BCUT2D eigenvalue weighted by atomic mass is 9.96. The normalized spacial score (nSPS) is 12.6. The van der Waals surface area contributed by atoms with Gasteiger partial charge in [0.25, 0.3) is 0 Å². The number of H-pyrrole nitrogens is 1. The second-order valence-electron chi connectivity index (χ2n) is 9.09. The second kappa shape index (κ2) is 10.8. The first-order chi connectivity index (χ1) is 18.1. The number of esters is 2. The summed E-state index contributed by atoms with van der Waals surface area (Å²) in [6.45, 7) is 5.77. The van der Waals surface area contributed by atoms with Gasteiger partial charge < -0.3 is 14.5 Å². The lowest BCUT2D eigenvalue weighted by Gasteiger charge is -2.35. The number of nitrogens with zero attached hydrogens (tertiary/aromatic N) is 1. The number of aromatic amines is 1. The monoisotopic (exact) mass is 534 g/mol. The Bertz CT molecular complexity index is 1560. The van der Waals surface area contributed by atoms with Gasteiger partial charge in [0, 0.05) is 16.6 Å². The molecule has 9 heteroatoms. The highest BCUT2D eigenvalue weighted by atomic mass is 32.2.